The van der Waals surface area contributed by atoms with E-state index < -0.39 is 0 Å². The van der Waals surface area contributed by atoms with Crippen LogP contribution in [-0.2, 0) is 10.8 Å². The molecule has 0 saturated heterocycles. The Bertz CT molecular complexity index is 692. The Morgan fingerprint density at radius 1 is 0.783 bits per heavy atom. The number of ketones is 1. The van der Waals surface area contributed by atoms with Crippen LogP contribution in [0.4, 0.5) is 0 Å². The highest BCUT2D eigenvalue weighted by Crippen LogP contribution is 2.31. The summed E-state index contributed by atoms with van der Waals surface area (Å²) in [5.41, 5.74) is 5.05. The van der Waals surface area contributed by atoms with Crippen LogP contribution in [0, 0.1) is 6.92 Å². The van der Waals surface area contributed by atoms with E-state index in [2.05, 4.69) is 59.7 Å². The van der Waals surface area contributed by atoms with E-state index in [4.69, 9.17) is 0 Å². The van der Waals surface area contributed by atoms with Gasteiger partial charge in [0, 0.05) is 11.1 Å². The molecule has 122 valence electrons. The third-order valence-corrected chi connectivity index (χ3v) is 4.32. The molecule has 0 saturated carbocycles. The number of benzene rings is 2. The molecular weight excluding hydrogens is 280 g/mol. The van der Waals surface area contributed by atoms with Crippen LogP contribution in [0.2, 0.25) is 0 Å². The average molecular weight is 308 g/mol. The van der Waals surface area contributed by atoms with E-state index in [1.54, 1.807) is 0 Å². The zero-order valence-corrected chi connectivity index (χ0v) is 15.4. The number of aryl methyl sites for hydroxylation is 1. The molecule has 0 heterocycles. The van der Waals surface area contributed by atoms with Gasteiger partial charge in [0.2, 0.25) is 0 Å². The lowest BCUT2D eigenvalue weighted by Crippen LogP contribution is -2.18. The van der Waals surface area contributed by atoms with E-state index in [1.165, 1.54) is 11.1 Å². The van der Waals surface area contributed by atoms with Crippen molar-refractivity contribution in [1.29, 1.82) is 0 Å². The van der Waals surface area contributed by atoms with Crippen LogP contribution in [0.5, 0.6) is 0 Å². The standard InChI is InChI=1S/C22H28O/c1-15-10-8-9-11-19(15)20(23)16-12-17(21(2,3)4)14-18(13-16)22(5,6)7/h8-14H,1-7H3. The van der Waals surface area contributed by atoms with E-state index in [-0.39, 0.29) is 16.6 Å². The van der Waals surface area contributed by atoms with E-state index in [0.717, 1.165) is 16.7 Å². The first kappa shape index (κ1) is 17.5. The van der Waals surface area contributed by atoms with Gasteiger partial charge in [-0.15, -0.1) is 0 Å². The van der Waals surface area contributed by atoms with Crippen molar-refractivity contribution in [2.75, 3.05) is 0 Å². The average Bonchev–Trinajstić information content (AvgIpc) is 2.45. The molecule has 0 N–H and O–H groups in total. The quantitative estimate of drug-likeness (QED) is 0.639. The van der Waals surface area contributed by atoms with Gasteiger partial charge in [-0.25, -0.2) is 0 Å². The predicted molar refractivity (Wildman–Crippen MR) is 98.5 cm³/mol. The summed E-state index contributed by atoms with van der Waals surface area (Å²) in [6, 6.07) is 14.2. The minimum absolute atomic E-state index is 0.0159. The van der Waals surface area contributed by atoms with Crippen LogP contribution in [0.1, 0.15) is 74.2 Å². The second-order valence-electron chi connectivity index (χ2n) is 8.44. The van der Waals surface area contributed by atoms with Gasteiger partial charge in [0.1, 0.15) is 0 Å². The van der Waals surface area contributed by atoms with E-state index in [9.17, 15) is 4.79 Å². The molecule has 23 heavy (non-hydrogen) atoms. The Kier molecular flexibility index (Phi) is 4.52. The Morgan fingerprint density at radius 2 is 1.26 bits per heavy atom. The monoisotopic (exact) mass is 308 g/mol. The molecule has 2 aromatic carbocycles. The first-order valence-corrected chi connectivity index (χ1v) is 8.26. The van der Waals surface area contributed by atoms with Crippen LogP contribution in [0.25, 0.3) is 0 Å². The molecule has 2 rings (SSSR count). The summed E-state index contributed by atoms with van der Waals surface area (Å²) in [4.78, 5) is 13.0. The number of carbonyl (C=O) groups is 1. The Morgan fingerprint density at radius 3 is 1.70 bits per heavy atom. The molecule has 0 aromatic heterocycles. The maximum Gasteiger partial charge on any atom is 0.193 e. The van der Waals surface area contributed by atoms with E-state index in [1.807, 2.05) is 31.2 Å². The molecule has 0 fully saturated rings. The van der Waals surface area contributed by atoms with Crippen LogP contribution in [-0.4, -0.2) is 5.78 Å². The second-order valence-corrected chi connectivity index (χ2v) is 8.44. The summed E-state index contributed by atoms with van der Waals surface area (Å²) in [5, 5.41) is 0. The smallest absolute Gasteiger partial charge is 0.193 e. The van der Waals surface area contributed by atoms with Crippen LogP contribution < -0.4 is 0 Å². The molecule has 0 aliphatic carbocycles. The van der Waals surface area contributed by atoms with Crippen molar-refractivity contribution < 1.29 is 4.79 Å². The molecule has 1 nitrogen and oxygen atoms in total. The minimum atomic E-state index is 0.0159. The minimum Gasteiger partial charge on any atom is -0.289 e. The molecule has 0 bridgehead atoms. The fourth-order valence-corrected chi connectivity index (χ4v) is 2.61. The van der Waals surface area contributed by atoms with Crippen molar-refractivity contribution in [2.45, 2.75) is 59.3 Å². The van der Waals surface area contributed by atoms with Crippen molar-refractivity contribution >= 4 is 5.78 Å². The maximum atomic E-state index is 13.0. The molecular formula is C22H28O. The molecule has 0 unspecified atom stereocenters. The summed E-state index contributed by atoms with van der Waals surface area (Å²) in [7, 11) is 0. The lowest BCUT2D eigenvalue weighted by Gasteiger charge is -2.26. The number of carbonyl (C=O) groups excluding carboxylic acids is 1. The van der Waals surface area contributed by atoms with Crippen LogP contribution in [0.3, 0.4) is 0 Å². The Hall–Kier alpha value is -1.89. The molecule has 0 spiro atoms. The predicted octanol–water partition coefficient (Wildman–Crippen LogP) is 5.82. The zero-order valence-electron chi connectivity index (χ0n) is 15.4. The highest BCUT2D eigenvalue weighted by atomic mass is 16.1. The van der Waals surface area contributed by atoms with E-state index >= 15 is 0 Å². The summed E-state index contributed by atoms with van der Waals surface area (Å²) in [6.45, 7) is 15.1. The van der Waals surface area contributed by atoms with Crippen molar-refractivity contribution in [3.05, 3.63) is 70.3 Å². The molecule has 0 aliphatic rings. The third-order valence-electron chi connectivity index (χ3n) is 4.32. The van der Waals surface area contributed by atoms with Crippen molar-refractivity contribution in [3.63, 3.8) is 0 Å². The van der Waals surface area contributed by atoms with Gasteiger partial charge in [0.05, 0.1) is 0 Å². The second kappa shape index (κ2) is 5.96. The SMILES string of the molecule is Cc1ccccc1C(=O)c1cc(C(C)(C)C)cc(C(C)(C)C)c1. The molecule has 0 radical (unpaired) electrons. The third kappa shape index (κ3) is 3.90. The first-order valence-electron chi connectivity index (χ1n) is 8.26. The van der Waals surface area contributed by atoms with Crippen LogP contribution in [0.15, 0.2) is 42.5 Å². The van der Waals surface area contributed by atoms with Gasteiger partial charge in [-0.1, -0.05) is 71.9 Å². The van der Waals surface area contributed by atoms with Gasteiger partial charge >= 0.3 is 0 Å². The Balaban J connectivity index is 2.63. The largest absolute Gasteiger partial charge is 0.289 e. The van der Waals surface area contributed by atoms with Gasteiger partial charge < -0.3 is 0 Å². The number of hydrogen-bond acceptors (Lipinski definition) is 1. The normalized spacial score (nSPS) is 12.3. The molecule has 2 aromatic rings. The molecule has 0 aliphatic heterocycles. The number of hydrogen-bond donors (Lipinski definition) is 0. The lowest BCUT2D eigenvalue weighted by molar-refractivity contribution is 0.103. The zero-order chi connectivity index (χ0) is 17.4. The van der Waals surface area contributed by atoms with E-state index in [0.29, 0.717) is 0 Å². The van der Waals surface area contributed by atoms with Crippen molar-refractivity contribution in [2.24, 2.45) is 0 Å². The fraction of sp³-hybridized carbons (Fsp3) is 0.409. The fourth-order valence-electron chi connectivity index (χ4n) is 2.61. The topological polar surface area (TPSA) is 17.1 Å². The molecule has 0 amide bonds. The molecule has 0 atom stereocenters. The van der Waals surface area contributed by atoms with Crippen molar-refractivity contribution in [1.82, 2.24) is 0 Å². The van der Waals surface area contributed by atoms with Gasteiger partial charge in [-0.3, -0.25) is 4.79 Å². The van der Waals surface area contributed by atoms with Crippen molar-refractivity contribution in [3.8, 4) is 0 Å². The first-order chi connectivity index (χ1) is 10.5. The highest BCUT2D eigenvalue weighted by Gasteiger charge is 2.23. The lowest BCUT2D eigenvalue weighted by atomic mass is 9.79. The Labute approximate surface area is 140 Å². The summed E-state index contributed by atoms with van der Waals surface area (Å²) in [5.74, 6) is 0.111. The van der Waals surface area contributed by atoms with Crippen LogP contribution >= 0.6 is 0 Å². The maximum absolute atomic E-state index is 13.0. The summed E-state index contributed by atoms with van der Waals surface area (Å²) < 4.78 is 0. The number of rotatable bonds is 2. The summed E-state index contributed by atoms with van der Waals surface area (Å²) >= 11 is 0. The van der Waals surface area contributed by atoms with Gasteiger partial charge in [-0.2, -0.15) is 0 Å². The van der Waals surface area contributed by atoms with Gasteiger partial charge in [-0.05, 0) is 46.6 Å². The van der Waals surface area contributed by atoms with Gasteiger partial charge in [0.25, 0.3) is 0 Å². The highest BCUT2D eigenvalue weighted by molar-refractivity contribution is 6.10. The molecule has 1 heteroatoms. The van der Waals surface area contributed by atoms with Gasteiger partial charge in [0.15, 0.2) is 5.78 Å². The summed E-state index contributed by atoms with van der Waals surface area (Å²) in [6.07, 6.45) is 0.